The molecule has 2 aromatic carbocycles. The zero-order chi connectivity index (χ0) is 34.5. The molecular formula is C38H52N6O2Si. The number of hydrogen-bond acceptors (Lipinski definition) is 7. The highest BCUT2D eigenvalue weighted by atomic mass is 28.3. The lowest BCUT2D eigenvalue weighted by Gasteiger charge is -2.38. The average Bonchev–Trinajstić information content (AvgIpc) is 3.04. The average molecular weight is 653 g/mol. The van der Waals surface area contributed by atoms with Crippen molar-refractivity contribution in [3.05, 3.63) is 81.8 Å². The molecule has 4 rings (SSSR count). The van der Waals surface area contributed by atoms with Crippen LogP contribution in [-0.2, 0) is 13.5 Å². The predicted molar refractivity (Wildman–Crippen MR) is 200 cm³/mol. The lowest BCUT2D eigenvalue weighted by Crippen LogP contribution is -2.43. The fourth-order valence-electron chi connectivity index (χ4n) is 6.76. The van der Waals surface area contributed by atoms with Gasteiger partial charge in [0.2, 0.25) is 5.95 Å². The van der Waals surface area contributed by atoms with Gasteiger partial charge in [-0.2, -0.15) is 4.98 Å². The smallest absolute Gasteiger partial charge is 0.256 e. The van der Waals surface area contributed by atoms with Gasteiger partial charge in [-0.15, -0.1) is 5.54 Å². The van der Waals surface area contributed by atoms with Gasteiger partial charge >= 0.3 is 0 Å². The zero-order valence-corrected chi connectivity index (χ0v) is 31.1. The zero-order valence-electron chi connectivity index (χ0n) is 30.1. The first-order valence-electron chi connectivity index (χ1n) is 16.6. The quantitative estimate of drug-likeness (QED) is 0.128. The Kier molecular flexibility index (Phi) is 11.5. The molecule has 0 unspecified atom stereocenters. The highest BCUT2D eigenvalue weighted by Gasteiger charge is 2.41. The van der Waals surface area contributed by atoms with Crippen molar-refractivity contribution in [1.82, 2.24) is 19.4 Å². The normalized spacial score (nSPS) is 11.8. The molecule has 0 saturated carbocycles. The number of methoxy groups -OCH3 is 1. The van der Waals surface area contributed by atoms with Gasteiger partial charge in [0.05, 0.1) is 18.2 Å². The molecule has 0 bridgehead atoms. The molecule has 0 amide bonds. The number of ether oxygens (including phenoxy) is 1. The number of anilines is 3. The molecule has 0 saturated heterocycles. The summed E-state index contributed by atoms with van der Waals surface area (Å²) in [5.41, 5.74) is 9.97. The van der Waals surface area contributed by atoms with E-state index < -0.39 is 8.07 Å². The van der Waals surface area contributed by atoms with Crippen molar-refractivity contribution < 1.29 is 4.74 Å². The van der Waals surface area contributed by atoms with Crippen LogP contribution in [0.4, 0.5) is 17.3 Å². The third-order valence-electron chi connectivity index (χ3n) is 9.47. The Morgan fingerprint density at radius 2 is 1.62 bits per heavy atom. The number of fused-ring (bicyclic) bond motifs is 1. The number of hydrogen-bond donors (Lipinski definition) is 1. The molecule has 9 heteroatoms. The topological polar surface area (TPSA) is 75.5 Å². The SMILES string of the molecule is COc1cc(N(C)CCN(C)C)ccc1Nc1ncc2c(C#C[Si](C(C)C)(C(C)C)C(C)C)c(Cc3ccccc3)c(=O)n(C)c2n1. The van der Waals surface area contributed by atoms with E-state index in [0.29, 0.717) is 46.0 Å². The summed E-state index contributed by atoms with van der Waals surface area (Å²) < 4.78 is 7.38. The molecule has 2 heterocycles. The fourth-order valence-corrected chi connectivity index (χ4v) is 12.0. The summed E-state index contributed by atoms with van der Waals surface area (Å²) in [6.07, 6.45) is 2.29. The third-order valence-corrected chi connectivity index (χ3v) is 15.8. The van der Waals surface area contributed by atoms with Gasteiger partial charge in [-0.25, -0.2) is 4.98 Å². The van der Waals surface area contributed by atoms with Crippen LogP contribution in [-0.4, -0.2) is 68.9 Å². The van der Waals surface area contributed by atoms with Crippen molar-refractivity contribution >= 4 is 36.4 Å². The van der Waals surface area contributed by atoms with E-state index in [2.05, 4.69) is 107 Å². The molecule has 4 aromatic rings. The minimum absolute atomic E-state index is 0.0936. The Labute approximate surface area is 282 Å². The van der Waals surface area contributed by atoms with Gasteiger partial charge in [-0.1, -0.05) is 77.8 Å². The number of rotatable bonds is 12. The molecule has 1 N–H and O–H groups in total. The van der Waals surface area contributed by atoms with Crippen LogP contribution < -0.4 is 20.5 Å². The Balaban J connectivity index is 1.85. The van der Waals surface area contributed by atoms with Crippen molar-refractivity contribution in [3.63, 3.8) is 0 Å². The number of aryl methyl sites for hydroxylation is 1. The minimum Gasteiger partial charge on any atom is -0.494 e. The number of aromatic nitrogens is 3. The molecule has 0 aliphatic heterocycles. The van der Waals surface area contributed by atoms with E-state index in [1.54, 1.807) is 18.7 Å². The second-order valence-electron chi connectivity index (χ2n) is 13.7. The van der Waals surface area contributed by atoms with E-state index in [9.17, 15) is 4.79 Å². The lowest BCUT2D eigenvalue weighted by atomic mass is 9.99. The molecule has 8 nitrogen and oxygen atoms in total. The van der Waals surface area contributed by atoms with E-state index in [4.69, 9.17) is 14.7 Å². The summed E-state index contributed by atoms with van der Waals surface area (Å²) >= 11 is 0. The summed E-state index contributed by atoms with van der Waals surface area (Å²) in [5, 5.41) is 4.11. The van der Waals surface area contributed by atoms with E-state index in [0.717, 1.165) is 41.0 Å². The monoisotopic (exact) mass is 652 g/mol. The minimum atomic E-state index is -2.08. The van der Waals surface area contributed by atoms with E-state index in [1.165, 1.54) is 0 Å². The second kappa shape index (κ2) is 15.2. The van der Waals surface area contributed by atoms with Crippen LogP contribution in [0.15, 0.2) is 59.5 Å². The summed E-state index contributed by atoms with van der Waals surface area (Å²) in [6, 6.07) is 16.1. The van der Waals surface area contributed by atoms with Crippen LogP contribution in [0.1, 0.15) is 58.2 Å². The van der Waals surface area contributed by atoms with E-state index in [1.807, 2.05) is 36.5 Å². The second-order valence-corrected chi connectivity index (χ2v) is 19.3. The van der Waals surface area contributed by atoms with E-state index >= 15 is 0 Å². The highest BCUT2D eigenvalue weighted by molar-refractivity contribution is 6.90. The van der Waals surface area contributed by atoms with Crippen LogP contribution in [0.25, 0.3) is 11.0 Å². The highest BCUT2D eigenvalue weighted by Crippen LogP contribution is 2.41. The van der Waals surface area contributed by atoms with Crippen molar-refractivity contribution in [2.24, 2.45) is 7.05 Å². The largest absolute Gasteiger partial charge is 0.494 e. The van der Waals surface area contributed by atoms with Crippen molar-refractivity contribution in [2.75, 3.05) is 51.6 Å². The molecule has 0 aliphatic rings. The molecular weight excluding hydrogens is 601 g/mol. The molecule has 47 heavy (non-hydrogen) atoms. The number of pyridine rings is 1. The van der Waals surface area contributed by atoms with Crippen LogP contribution in [0.2, 0.25) is 16.6 Å². The molecule has 0 aliphatic carbocycles. The Hall–Kier alpha value is -4.13. The third kappa shape index (κ3) is 7.72. The predicted octanol–water partition coefficient (Wildman–Crippen LogP) is 7.24. The maximum Gasteiger partial charge on any atom is 0.256 e. The molecule has 0 spiro atoms. The number of likely N-dealkylation sites (N-methyl/N-ethyl adjacent to an activating group) is 2. The van der Waals surface area contributed by atoms with E-state index in [-0.39, 0.29) is 5.56 Å². The Morgan fingerprint density at radius 3 is 2.21 bits per heavy atom. The lowest BCUT2D eigenvalue weighted by molar-refractivity contribution is 0.413. The van der Waals surface area contributed by atoms with Gasteiger partial charge in [-0.05, 0) is 48.4 Å². The van der Waals surface area contributed by atoms with Gasteiger partial charge in [0.25, 0.3) is 5.56 Å². The summed E-state index contributed by atoms with van der Waals surface area (Å²) in [7, 11) is 7.56. The summed E-state index contributed by atoms with van der Waals surface area (Å²) in [4.78, 5) is 28.1. The van der Waals surface area contributed by atoms with Crippen LogP contribution in [0.5, 0.6) is 5.75 Å². The van der Waals surface area contributed by atoms with Gasteiger partial charge in [0, 0.05) is 62.7 Å². The Bertz CT molecular complexity index is 1780. The number of nitrogens with zero attached hydrogens (tertiary/aromatic N) is 5. The maximum absolute atomic E-state index is 14.1. The molecule has 0 atom stereocenters. The first kappa shape index (κ1) is 35.7. The molecule has 0 fully saturated rings. The van der Waals surface area contributed by atoms with Gasteiger partial charge in [-0.3, -0.25) is 9.36 Å². The Morgan fingerprint density at radius 1 is 0.957 bits per heavy atom. The van der Waals surface area contributed by atoms with Crippen molar-refractivity contribution in [3.8, 4) is 17.2 Å². The van der Waals surface area contributed by atoms with Gasteiger partial charge in [0.1, 0.15) is 19.5 Å². The van der Waals surface area contributed by atoms with Crippen LogP contribution in [0.3, 0.4) is 0 Å². The first-order valence-corrected chi connectivity index (χ1v) is 18.8. The molecule has 0 radical (unpaired) electrons. The fraction of sp³-hybridized carbons (Fsp3) is 0.447. The molecule has 2 aromatic heterocycles. The van der Waals surface area contributed by atoms with Crippen LogP contribution >= 0.6 is 0 Å². The number of nitrogens with one attached hydrogen (secondary N) is 1. The summed E-state index contributed by atoms with van der Waals surface area (Å²) in [5.74, 6) is 4.68. The van der Waals surface area contributed by atoms with Crippen molar-refractivity contribution in [1.29, 1.82) is 0 Å². The number of benzene rings is 2. The maximum atomic E-state index is 14.1. The van der Waals surface area contributed by atoms with Crippen LogP contribution in [0, 0.1) is 11.5 Å². The standard InChI is InChI=1S/C38H52N6O2Si/c1-26(2)47(27(3)4,28(5)6)22-19-31-32(23-29-15-13-12-14-16-29)37(45)44(10)36-33(31)25-39-38(41-36)40-34-18-17-30(24-35(34)46-11)43(9)21-20-42(7)8/h12-18,24-28H,20-21,23H2,1-11H3,(H,39,40,41). The van der Waals surface area contributed by atoms with Crippen molar-refractivity contribution in [2.45, 2.75) is 64.6 Å². The summed E-state index contributed by atoms with van der Waals surface area (Å²) in [6.45, 7) is 15.6. The first-order chi connectivity index (χ1) is 22.3. The van der Waals surface area contributed by atoms with Gasteiger partial charge in [0.15, 0.2) is 0 Å². The molecule has 250 valence electrons. The van der Waals surface area contributed by atoms with Gasteiger partial charge < -0.3 is 19.9 Å².